The Morgan fingerprint density at radius 3 is 2.56 bits per heavy atom. The van der Waals surface area contributed by atoms with Crippen LogP contribution in [0.5, 0.6) is 0 Å². The molecule has 3 heteroatoms. The summed E-state index contributed by atoms with van der Waals surface area (Å²) in [6, 6.07) is 16.0. The Morgan fingerprint density at radius 2 is 1.92 bits per heavy atom. The van der Waals surface area contributed by atoms with Crippen LogP contribution in [0.1, 0.15) is 41.4 Å². The first-order valence-corrected chi connectivity index (χ1v) is 8.63. The largest absolute Gasteiger partial charge is 0.332 e. The van der Waals surface area contributed by atoms with Gasteiger partial charge in [0.2, 0.25) is 0 Å². The number of fused-ring (bicyclic) bond motifs is 1. The van der Waals surface area contributed by atoms with Crippen LogP contribution in [0, 0.1) is 6.92 Å². The second-order valence-electron chi connectivity index (χ2n) is 6.62. The van der Waals surface area contributed by atoms with E-state index >= 15 is 0 Å². The molecular weight excluding hydrogens is 308 g/mol. The smallest absolute Gasteiger partial charge is 0.272 e. The third kappa shape index (κ3) is 3.22. The van der Waals surface area contributed by atoms with Crippen molar-refractivity contribution >= 4 is 22.5 Å². The molecule has 3 nitrogen and oxygen atoms in total. The SMILES string of the molecule is C=CCn1c(C(=O)Nc2ccccc2)c(C)c2cc(C(C)C)ccc21. The Kier molecular flexibility index (Phi) is 4.75. The van der Waals surface area contributed by atoms with Crippen molar-refractivity contribution < 1.29 is 4.79 Å². The molecule has 0 atom stereocenters. The average Bonchev–Trinajstić information content (AvgIpc) is 2.88. The number of rotatable bonds is 5. The number of nitrogens with zero attached hydrogens (tertiary/aromatic N) is 1. The summed E-state index contributed by atoms with van der Waals surface area (Å²) in [5.41, 5.74) is 4.85. The molecule has 128 valence electrons. The molecule has 0 saturated heterocycles. The summed E-state index contributed by atoms with van der Waals surface area (Å²) >= 11 is 0. The first kappa shape index (κ1) is 17.0. The van der Waals surface area contributed by atoms with Crippen LogP contribution in [-0.4, -0.2) is 10.5 Å². The highest BCUT2D eigenvalue weighted by molar-refractivity contribution is 6.08. The minimum atomic E-state index is -0.0900. The molecule has 2 aromatic carbocycles. The maximum absolute atomic E-state index is 13.0. The number of anilines is 1. The zero-order chi connectivity index (χ0) is 18.0. The van der Waals surface area contributed by atoms with E-state index in [1.807, 2.05) is 47.9 Å². The van der Waals surface area contributed by atoms with E-state index in [1.54, 1.807) is 0 Å². The van der Waals surface area contributed by atoms with Crippen molar-refractivity contribution in [2.45, 2.75) is 33.2 Å². The Morgan fingerprint density at radius 1 is 1.20 bits per heavy atom. The molecule has 0 bridgehead atoms. The third-order valence-electron chi connectivity index (χ3n) is 4.57. The molecule has 3 aromatic rings. The van der Waals surface area contributed by atoms with Gasteiger partial charge in [0, 0.05) is 23.1 Å². The molecule has 0 saturated carbocycles. The molecule has 0 unspecified atom stereocenters. The summed E-state index contributed by atoms with van der Waals surface area (Å²) < 4.78 is 2.04. The number of allylic oxidation sites excluding steroid dienone is 1. The molecule has 0 aliphatic carbocycles. The van der Waals surface area contributed by atoms with Crippen LogP contribution in [0.25, 0.3) is 10.9 Å². The number of carbonyl (C=O) groups is 1. The molecule has 1 amide bonds. The standard InChI is InChI=1S/C22H24N2O/c1-5-13-24-20-12-11-17(15(2)3)14-19(20)16(4)21(24)22(25)23-18-9-7-6-8-10-18/h5-12,14-15H,1,13H2,2-4H3,(H,23,25). The van der Waals surface area contributed by atoms with Gasteiger partial charge in [-0.15, -0.1) is 6.58 Å². The highest BCUT2D eigenvalue weighted by Crippen LogP contribution is 2.29. The first-order chi connectivity index (χ1) is 12.0. The van der Waals surface area contributed by atoms with Gasteiger partial charge in [0.25, 0.3) is 5.91 Å². The summed E-state index contributed by atoms with van der Waals surface area (Å²) in [6.07, 6.45) is 1.83. The molecule has 3 rings (SSSR count). The van der Waals surface area contributed by atoms with Gasteiger partial charge in [-0.05, 0) is 48.2 Å². The van der Waals surface area contributed by atoms with Crippen molar-refractivity contribution in [1.82, 2.24) is 4.57 Å². The molecule has 1 N–H and O–H groups in total. The van der Waals surface area contributed by atoms with Crippen LogP contribution in [0.15, 0.2) is 61.2 Å². The number of para-hydroxylation sites is 1. The molecule has 0 fully saturated rings. The topological polar surface area (TPSA) is 34.0 Å². The normalized spacial score (nSPS) is 11.0. The van der Waals surface area contributed by atoms with Crippen LogP contribution in [-0.2, 0) is 6.54 Å². The number of amides is 1. The van der Waals surface area contributed by atoms with Gasteiger partial charge in [0.1, 0.15) is 5.69 Å². The molecule has 1 heterocycles. The highest BCUT2D eigenvalue weighted by atomic mass is 16.2. The van der Waals surface area contributed by atoms with Crippen molar-refractivity contribution in [3.05, 3.63) is 78.0 Å². The second kappa shape index (κ2) is 6.98. The first-order valence-electron chi connectivity index (χ1n) is 8.63. The van der Waals surface area contributed by atoms with E-state index in [9.17, 15) is 4.79 Å². The van der Waals surface area contributed by atoms with Crippen molar-refractivity contribution in [3.63, 3.8) is 0 Å². The summed E-state index contributed by atoms with van der Waals surface area (Å²) in [5, 5.41) is 4.13. The zero-order valence-corrected chi connectivity index (χ0v) is 15.0. The lowest BCUT2D eigenvalue weighted by Crippen LogP contribution is -2.18. The lowest BCUT2D eigenvalue weighted by Gasteiger charge is -2.10. The van der Waals surface area contributed by atoms with E-state index in [-0.39, 0.29) is 5.91 Å². The van der Waals surface area contributed by atoms with Crippen molar-refractivity contribution in [2.75, 3.05) is 5.32 Å². The number of hydrogen-bond donors (Lipinski definition) is 1. The predicted molar refractivity (Wildman–Crippen MR) is 105 cm³/mol. The Bertz CT molecular complexity index is 920. The zero-order valence-electron chi connectivity index (χ0n) is 15.0. The van der Waals surface area contributed by atoms with Crippen molar-refractivity contribution in [3.8, 4) is 0 Å². The van der Waals surface area contributed by atoms with E-state index < -0.39 is 0 Å². The number of benzene rings is 2. The minimum Gasteiger partial charge on any atom is -0.332 e. The lowest BCUT2D eigenvalue weighted by atomic mass is 10.0. The average molecular weight is 332 g/mol. The van der Waals surface area contributed by atoms with E-state index in [0.717, 1.165) is 22.2 Å². The maximum atomic E-state index is 13.0. The molecule has 25 heavy (non-hydrogen) atoms. The molecule has 0 aliphatic rings. The lowest BCUT2D eigenvalue weighted by molar-refractivity contribution is 0.101. The number of hydrogen-bond acceptors (Lipinski definition) is 1. The summed E-state index contributed by atoms with van der Waals surface area (Å²) in [6.45, 7) is 10.8. The fourth-order valence-corrected chi connectivity index (χ4v) is 3.22. The number of carbonyl (C=O) groups excluding carboxylic acids is 1. The summed E-state index contributed by atoms with van der Waals surface area (Å²) in [7, 11) is 0. The Balaban J connectivity index is 2.12. The predicted octanol–water partition coefficient (Wildman–Crippen LogP) is 5.51. The highest BCUT2D eigenvalue weighted by Gasteiger charge is 2.20. The second-order valence-corrected chi connectivity index (χ2v) is 6.62. The maximum Gasteiger partial charge on any atom is 0.272 e. The van der Waals surface area contributed by atoms with Crippen molar-refractivity contribution in [1.29, 1.82) is 0 Å². The van der Waals surface area contributed by atoms with Gasteiger partial charge in [-0.2, -0.15) is 0 Å². The van der Waals surface area contributed by atoms with Crippen LogP contribution in [0.3, 0.4) is 0 Å². The fourth-order valence-electron chi connectivity index (χ4n) is 3.22. The van der Waals surface area contributed by atoms with Gasteiger partial charge in [-0.3, -0.25) is 4.79 Å². The van der Waals surface area contributed by atoms with Gasteiger partial charge in [0.05, 0.1) is 0 Å². The summed E-state index contributed by atoms with van der Waals surface area (Å²) in [5.74, 6) is 0.362. The number of nitrogens with one attached hydrogen (secondary N) is 1. The molecular formula is C22H24N2O. The van der Waals surface area contributed by atoms with Crippen LogP contribution < -0.4 is 5.32 Å². The number of aryl methyl sites for hydroxylation is 1. The van der Waals surface area contributed by atoms with E-state index in [2.05, 4.69) is 43.9 Å². The molecule has 0 radical (unpaired) electrons. The van der Waals surface area contributed by atoms with Crippen LogP contribution in [0.4, 0.5) is 5.69 Å². The van der Waals surface area contributed by atoms with E-state index in [1.165, 1.54) is 5.56 Å². The monoisotopic (exact) mass is 332 g/mol. The summed E-state index contributed by atoms with van der Waals surface area (Å²) in [4.78, 5) is 13.0. The van der Waals surface area contributed by atoms with E-state index in [4.69, 9.17) is 0 Å². The number of aromatic nitrogens is 1. The van der Waals surface area contributed by atoms with Gasteiger partial charge in [0.15, 0.2) is 0 Å². The van der Waals surface area contributed by atoms with Gasteiger partial charge < -0.3 is 9.88 Å². The quantitative estimate of drug-likeness (QED) is 0.614. The fraction of sp³-hybridized carbons (Fsp3) is 0.227. The Labute approximate surface area is 149 Å². The van der Waals surface area contributed by atoms with Gasteiger partial charge >= 0.3 is 0 Å². The van der Waals surface area contributed by atoms with Gasteiger partial charge in [-0.25, -0.2) is 0 Å². The van der Waals surface area contributed by atoms with E-state index in [0.29, 0.717) is 18.2 Å². The van der Waals surface area contributed by atoms with Crippen molar-refractivity contribution in [2.24, 2.45) is 0 Å². The minimum absolute atomic E-state index is 0.0900. The molecule has 1 aromatic heterocycles. The molecule has 0 aliphatic heterocycles. The van der Waals surface area contributed by atoms with Crippen LogP contribution in [0.2, 0.25) is 0 Å². The van der Waals surface area contributed by atoms with Crippen LogP contribution >= 0.6 is 0 Å². The third-order valence-corrected chi connectivity index (χ3v) is 4.57. The van der Waals surface area contributed by atoms with Gasteiger partial charge in [-0.1, -0.05) is 44.2 Å². The Hall–Kier alpha value is -2.81. The molecule has 0 spiro atoms.